The van der Waals surface area contributed by atoms with Crippen LogP contribution in [0.1, 0.15) is 19.3 Å². The largest absolute Gasteiger partial charge is 0.370 e. The van der Waals surface area contributed by atoms with Crippen molar-refractivity contribution < 1.29 is 0 Å². The number of likely N-dealkylation sites (N-methyl/N-ethyl adjacent to an activating group) is 1. The van der Waals surface area contributed by atoms with E-state index in [1.54, 1.807) is 0 Å². The van der Waals surface area contributed by atoms with Crippen LogP contribution in [0.4, 0.5) is 0 Å². The average molecular weight is 196 g/mol. The van der Waals surface area contributed by atoms with Crippen molar-refractivity contribution in [2.45, 2.75) is 25.3 Å². The summed E-state index contributed by atoms with van der Waals surface area (Å²) in [7, 11) is 2.16. The van der Waals surface area contributed by atoms with Gasteiger partial charge in [0.25, 0.3) is 0 Å². The molecule has 0 spiro atoms. The molecule has 0 aromatic rings. The minimum Gasteiger partial charge on any atom is -0.370 e. The zero-order chi connectivity index (χ0) is 9.97. The average Bonchev–Trinajstić information content (AvgIpc) is 2.93. The van der Waals surface area contributed by atoms with Gasteiger partial charge in [0.15, 0.2) is 5.96 Å². The molecule has 4 nitrogen and oxygen atoms in total. The van der Waals surface area contributed by atoms with E-state index in [4.69, 9.17) is 5.73 Å². The van der Waals surface area contributed by atoms with E-state index in [2.05, 4.69) is 21.8 Å². The molecule has 0 atom stereocenters. The highest BCUT2D eigenvalue weighted by Gasteiger charge is 2.22. The van der Waals surface area contributed by atoms with Gasteiger partial charge < -0.3 is 15.5 Å². The lowest BCUT2D eigenvalue weighted by atomic mass is 10.4. The van der Waals surface area contributed by atoms with Crippen molar-refractivity contribution in [2.75, 3.05) is 33.2 Å². The van der Waals surface area contributed by atoms with Gasteiger partial charge in [-0.05, 0) is 32.9 Å². The van der Waals surface area contributed by atoms with Crippen LogP contribution in [0.15, 0.2) is 4.99 Å². The molecular formula is C10H20N4. The summed E-state index contributed by atoms with van der Waals surface area (Å²) in [4.78, 5) is 9.06. The molecule has 0 aromatic heterocycles. The fourth-order valence-corrected chi connectivity index (χ4v) is 1.75. The molecule has 1 heterocycles. The summed E-state index contributed by atoms with van der Waals surface area (Å²) in [5.74, 6) is 0.766. The lowest BCUT2D eigenvalue weighted by Crippen LogP contribution is -2.40. The van der Waals surface area contributed by atoms with Crippen molar-refractivity contribution in [3.05, 3.63) is 0 Å². The van der Waals surface area contributed by atoms with Crippen LogP contribution in [0.2, 0.25) is 0 Å². The molecule has 0 amide bonds. The number of hydrogen-bond donors (Lipinski definition) is 1. The zero-order valence-corrected chi connectivity index (χ0v) is 8.95. The summed E-state index contributed by atoms with van der Waals surface area (Å²) >= 11 is 0. The summed E-state index contributed by atoms with van der Waals surface area (Å²) in [5.41, 5.74) is 5.96. The van der Waals surface area contributed by atoms with Gasteiger partial charge in [-0.2, -0.15) is 0 Å². The monoisotopic (exact) mass is 196 g/mol. The Hall–Kier alpha value is -0.770. The molecule has 0 bridgehead atoms. The number of nitrogens with zero attached hydrogens (tertiary/aromatic N) is 3. The second-order valence-electron chi connectivity index (χ2n) is 4.36. The Morgan fingerprint density at radius 3 is 2.71 bits per heavy atom. The number of nitrogens with two attached hydrogens (primary N) is 1. The van der Waals surface area contributed by atoms with E-state index in [-0.39, 0.29) is 0 Å². The third-order valence-electron chi connectivity index (χ3n) is 2.91. The van der Waals surface area contributed by atoms with Gasteiger partial charge in [0, 0.05) is 19.6 Å². The SMILES string of the molecule is CN1CCCN(C(N)=NC2CC2)CC1. The second kappa shape index (κ2) is 4.17. The predicted molar refractivity (Wildman–Crippen MR) is 58.3 cm³/mol. The van der Waals surface area contributed by atoms with Gasteiger partial charge in [-0.25, -0.2) is 4.99 Å². The van der Waals surface area contributed by atoms with E-state index >= 15 is 0 Å². The normalized spacial score (nSPS) is 26.4. The topological polar surface area (TPSA) is 44.9 Å². The first-order valence-corrected chi connectivity index (χ1v) is 5.52. The summed E-state index contributed by atoms with van der Waals surface area (Å²) in [6.45, 7) is 4.36. The first-order valence-electron chi connectivity index (χ1n) is 5.52. The predicted octanol–water partition coefficient (Wildman–Crippen LogP) is 0.101. The van der Waals surface area contributed by atoms with E-state index in [0.29, 0.717) is 6.04 Å². The van der Waals surface area contributed by atoms with Gasteiger partial charge in [-0.1, -0.05) is 0 Å². The van der Waals surface area contributed by atoms with Gasteiger partial charge in [-0.15, -0.1) is 0 Å². The summed E-state index contributed by atoms with van der Waals surface area (Å²) in [6.07, 6.45) is 3.65. The van der Waals surface area contributed by atoms with E-state index in [9.17, 15) is 0 Å². The number of rotatable bonds is 1. The number of aliphatic imine (C=N–C) groups is 1. The quantitative estimate of drug-likeness (QED) is 0.478. The molecule has 2 fully saturated rings. The van der Waals surface area contributed by atoms with Crippen molar-refractivity contribution >= 4 is 5.96 Å². The third-order valence-corrected chi connectivity index (χ3v) is 2.91. The maximum absolute atomic E-state index is 5.96. The first kappa shape index (κ1) is 9.77. The van der Waals surface area contributed by atoms with Crippen LogP contribution in [-0.2, 0) is 0 Å². The van der Waals surface area contributed by atoms with Gasteiger partial charge in [0.1, 0.15) is 0 Å². The van der Waals surface area contributed by atoms with E-state index < -0.39 is 0 Å². The molecule has 80 valence electrons. The van der Waals surface area contributed by atoms with Crippen LogP contribution in [0.25, 0.3) is 0 Å². The molecule has 1 aliphatic heterocycles. The lowest BCUT2D eigenvalue weighted by Gasteiger charge is -2.21. The maximum Gasteiger partial charge on any atom is 0.191 e. The molecular weight excluding hydrogens is 176 g/mol. The Morgan fingerprint density at radius 1 is 1.21 bits per heavy atom. The van der Waals surface area contributed by atoms with Crippen LogP contribution < -0.4 is 5.73 Å². The van der Waals surface area contributed by atoms with Gasteiger partial charge in [0.05, 0.1) is 6.04 Å². The van der Waals surface area contributed by atoms with Crippen molar-refractivity contribution in [3.8, 4) is 0 Å². The van der Waals surface area contributed by atoms with E-state index in [0.717, 1.165) is 25.6 Å². The highest BCUT2D eigenvalue weighted by Crippen LogP contribution is 2.23. The highest BCUT2D eigenvalue weighted by atomic mass is 15.3. The fourth-order valence-electron chi connectivity index (χ4n) is 1.75. The standard InChI is InChI=1S/C10H20N4/c1-13-5-2-6-14(8-7-13)10(11)12-9-3-4-9/h9H,2-8H2,1H3,(H2,11,12). The lowest BCUT2D eigenvalue weighted by molar-refractivity contribution is 0.345. The van der Waals surface area contributed by atoms with Crippen LogP contribution in [0, 0.1) is 0 Å². The smallest absolute Gasteiger partial charge is 0.191 e. The molecule has 0 radical (unpaired) electrons. The molecule has 2 rings (SSSR count). The zero-order valence-electron chi connectivity index (χ0n) is 8.95. The van der Waals surface area contributed by atoms with Crippen molar-refractivity contribution in [1.29, 1.82) is 0 Å². The van der Waals surface area contributed by atoms with Crippen LogP contribution >= 0.6 is 0 Å². The molecule has 0 aromatic carbocycles. The fraction of sp³-hybridized carbons (Fsp3) is 0.900. The second-order valence-corrected chi connectivity index (χ2v) is 4.36. The number of guanidine groups is 1. The van der Waals surface area contributed by atoms with Crippen molar-refractivity contribution in [1.82, 2.24) is 9.80 Å². The molecule has 1 aliphatic carbocycles. The Kier molecular flexibility index (Phi) is 2.91. The molecule has 1 saturated carbocycles. The number of hydrogen-bond acceptors (Lipinski definition) is 2. The van der Waals surface area contributed by atoms with Crippen LogP contribution in [0.5, 0.6) is 0 Å². The van der Waals surface area contributed by atoms with Crippen molar-refractivity contribution in [3.63, 3.8) is 0 Å². The molecule has 4 heteroatoms. The van der Waals surface area contributed by atoms with Crippen LogP contribution in [-0.4, -0.2) is 55.0 Å². The molecule has 2 N–H and O–H groups in total. The van der Waals surface area contributed by atoms with E-state index in [1.165, 1.54) is 25.8 Å². The summed E-state index contributed by atoms with van der Waals surface area (Å²) in [5, 5.41) is 0. The Morgan fingerprint density at radius 2 is 2.00 bits per heavy atom. The van der Waals surface area contributed by atoms with Gasteiger partial charge in [-0.3, -0.25) is 0 Å². The third kappa shape index (κ3) is 2.61. The highest BCUT2D eigenvalue weighted by molar-refractivity contribution is 5.78. The summed E-state index contributed by atoms with van der Waals surface area (Å²) in [6, 6.07) is 0.538. The maximum atomic E-state index is 5.96. The minimum atomic E-state index is 0.538. The first-order chi connectivity index (χ1) is 6.75. The molecule has 1 saturated heterocycles. The van der Waals surface area contributed by atoms with Gasteiger partial charge >= 0.3 is 0 Å². The Bertz CT molecular complexity index is 222. The molecule has 14 heavy (non-hydrogen) atoms. The Labute approximate surface area is 85.8 Å². The summed E-state index contributed by atoms with van der Waals surface area (Å²) < 4.78 is 0. The van der Waals surface area contributed by atoms with Gasteiger partial charge in [0.2, 0.25) is 0 Å². The minimum absolute atomic E-state index is 0.538. The Balaban J connectivity index is 1.88. The van der Waals surface area contributed by atoms with Crippen molar-refractivity contribution in [2.24, 2.45) is 10.7 Å². The van der Waals surface area contributed by atoms with Crippen LogP contribution in [0.3, 0.4) is 0 Å². The molecule has 2 aliphatic rings. The molecule has 0 unspecified atom stereocenters. The van der Waals surface area contributed by atoms with E-state index in [1.807, 2.05) is 0 Å².